The Morgan fingerprint density at radius 1 is 1.22 bits per heavy atom. The van der Waals surface area contributed by atoms with Gasteiger partial charge in [-0.3, -0.25) is 4.90 Å². The Balaban J connectivity index is 1.36. The predicted octanol–water partition coefficient (Wildman–Crippen LogP) is 2.46. The van der Waals surface area contributed by atoms with Crippen molar-refractivity contribution in [3.63, 3.8) is 0 Å². The van der Waals surface area contributed by atoms with Gasteiger partial charge in [-0.25, -0.2) is 0 Å². The van der Waals surface area contributed by atoms with Crippen LogP contribution >= 0.6 is 0 Å². The number of aromatic nitrogens is 2. The first kappa shape index (κ1) is 14.8. The topological polar surface area (TPSA) is 60.6 Å². The molecular formula is C17H21N3O3. The molecule has 4 rings (SSSR count). The van der Waals surface area contributed by atoms with Gasteiger partial charge in [-0.1, -0.05) is 23.4 Å². The molecule has 23 heavy (non-hydrogen) atoms. The van der Waals surface area contributed by atoms with E-state index in [0.717, 1.165) is 37.3 Å². The van der Waals surface area contributed by atoms with Gasteiger partial charge in [-0.2, -0.15) is 4.98 Å². The van der Waals surface area contributed by atoms with Gasteiger partial charge in [-0.05, 0) is 19.1 Å². The van der Waals surface area contributed by atoms with Crippen LogP contribution in [-0.4, -0.2) is 46.6 Å². The van der Waals surface area contributed by atoms with Gasteiger partial charge in [0.05, 0.1) is 19.3 Å². The molecule has 1 aromatic carbocycles. The fourth-order valence-corrected chi connectivity index (χ4v) is 3.23. The molecule has 0 aliphatic carbocycles. The van der Waals surface area contributed by atoms with Crippen molar-refractivity contribution in [2.45, 2.75) is 38.2 Å². The Morgan fingerprint density at radius 2 is 2.00 bits per heavy atom. The van der Waals surface area contributed by atoms with Crippen LogP contribution in [0.25, 0.3) is 11.5 Å². The van der Waals surface area contributed by atoms with Crippen LogP contribution in [0.1, 0.15) is 25.6 Å². The molecule has 0 N–H and O–H groups in total. The quantitative estimate of drug-likeness (QED) is 0.867. The van der Waals surface area contributed by atoms with Crippen molar-refractivity contribution in [2.24, 2.45) is 0 Å². The molecule has 2 aliphatic rings. The number of ether oxygens (including phenoxy) is 2. The molecule has 0 amide bonds. The predicted molar refractivity (Wildman–Crippen MR) is 83.5 cm³/mol. The number of rotatable bonds is 3. The van der Waals surface area contributed by atoms with Crippen LogP contribution in [0.4, 0.5) is 0 Å². The van der Waals surface area contributed by atoms with Crippen LogP contribution in [0.2, 0.25) is 0 Å². The summed E-state index contributed by atoms with van der Waals surface area (Å²) in [4.78, 5) is 6.81. The van der Waals surface area contributed by atoms with E-state index >= 15 is 0 Å². The Kier molecular flexibility index (Phi) is 3.88. The van der Waals surface area contributed by atoms with Gasteiger partial charge in [0.1, 0.15) is 0 Å². The zero-order valence-corrected chi connectivity index (χ0v) is 13.3. The fraction of sp³-hybridized carbons (Fsp3) is 0.529. The lowest BCUT2D eigenvalue weighted by Gasteiger charge is -2.37. The minimum absolute atomic E-state index is 0.201. The van der Waals surface area contributed by atoms with Crippen LogP contribution in [0.5, 0.6) is 0 Å². The number of benzene rings is 1. The van der Waals surface area contributed by atoms with E-state index in [1.807, 2.05) is 30.3 Å². The molecule has 0 unspecified atom stereocenters. The van der Waals surface area contributed by atoms with E-state index in [9.17, 15) is 0 Å². The minimum Gasteiger partial charge on any atom is -0.347 e. The lowest BCUT2D eigenvalue weighted by atomic mass is 10.0. The SMILES string of the molecule is C[C@H]1COC2(CCN(Cc3noc(-c4ccccc4)n3)CC2)O1. The smallest absolute Gasteiger partial charge is 0.257 e. The summed E-state index contributed by atoms with van der Waals surface area (Å²) in [7, 11) is 0. The number of likely N-dealkylation sites (tertiary alicyclic amines) is 1. The van der Waals surface area contributed by atoms with Crippen LogP contribution < -0.4 is 0 Å². The van der Waals surface area contributed by atoms with Crippen molar-refractivity contribution in [1.29, 1.82) is 0 Å². The summed E-state index contributed by atoms with van der Waals surface area (Å²) in [5, 5.41) is 4.10. The van der Waals surface area contributed by atoms with E-state index < -0.39 is 0 Å². The summed E-state index contributed by atoms with van der Waals surface area (Å²) in [6.45, 7) is 5.29. The Morgan fingerprint density at radius 3 is 2.70 bits per heavy atom. The van der Waals surface area contributed by atoms with Crippen molar-refractivity contribution < 1.29 is 14.0 Å². The second kappa shape index (κ2) is 6.03. The molecule has 0 bridgehead atoms. The average Bonchev–Trinajstić information content (AvgIpc) is 3.18. The van der Waals surface area contributed by atoms with Crippen molar-refractivity contribution in [3.05, 3.63) is 36.2 Å². The number of nitrogens with zero attached hydrogens (tertiary/aromatic N) is 3. The number of hydrogen-bond acceptors (Lipinski definition) is 6. The molecule has 2 saturated heterocycles. The van der Waals surface area contributed by atoms with Gasteiger partial charge in [0.15, 0.2) is 11.6 Å². The molecule has 1 aromatic heterocycles. The van der Waals surface area contributed by atoms with E-state index in [-0.39, 0.29) is 11.9 Å². The lowest BCUT2D eigenvalue weighted by Crippen LogP contribution is -2.45. The molecule has 2 fully saturated rings. The van der Waals surface area contributed by atoms with Gasteiger partial charge >= 0.3 is 0 Å². The van der Waals surface area contributed by atoms with Crippen molar-refractivity contribution in [3.8, 4) is 11.5 Å². The molecule has 6 nitrogen and oxygen atoms in total. The maximum atomic E-state index is 5.95. The maximum absolute atomic E-state index is 5.95. The highest BCUT2D eigenvalue weighted by molar-refractivity contribution is 5.51. The third kappa shape index (κ3) is 3.15. The Labute approximate surface area is 135 Å². The number of hydrogen-bond donors (Lipinski definition) is 0. The molecule has 2 aromatic rings. The van der Waals surface area contributed by atoms with Gasteiger partial charge in [-0.15, -0.1) is 0 Å². The first-order chi connectivity index (χ1) is 11.2. The van der Waals surface area contributed by atoms with Crippen LogP contribution in [0.3, 0.4) is 0 Å². The second-order valence-electron chi connectivity index (χ2n) is 6.31. The normalized spacial score (nSPS) is 24.3. The van der Waals surface area contributed by atoms with Gasteiger partial charge < -0.3 is 14.0 Å². The molecule has 0 saturated carbocycles. The summed E-state index contributed by atoms with van der Waals surface area (Å²) < 4.78 is 17.2. The van der Waals surface area contributed by atoms with E-state index in [4.69, 9.17) is 14.0 Å². The molecule has 122 valence electrons. The fourth-order valence-electron chi connectivity index (χ4n) is 3.23. The van der Waals surface area contributed by atoms with Crippen LogP contribution in [0.15, 0.2) is 34.9 Å². The van der Waals surface area contributed by atoms with E-state index in [0.29, 0.717) is 19.0 Å². The highest BCUT2D eigenvalue weighted by atomic mass is 16.7. The molecule has 3 heterocycles. The van der Waals surface area contributed by atoms with Crippen LogP contribution in [-0.2, 0) is 16.0 Å². The summed E-state index contributed by atoms with van der Waals surface area (Å²) >= 11 is 0. The highest BCUT2D eigenvalue weighted by Gasteiger charge is 2.42. The van der Waals surface area contributed by atoms with Gasteiger partial charge in [0.25, 0.3) is 5.89 Å². The summed E-state index contributed by atoms with van der Waals surface area (Å²) in [6.07, 6.45) is 1.98. The largest absolute Gasteiger partial charge is 0.347 e. The summed E-state index contributed by atoms with van der Waals surface area (Å²) in [6, 6.07) is 9.84. The number of piperidine rings is 1. The first-order valence-electron chi connectivity index (χ1n) is 8.15. The lowest BCUT2D eigenvalue weighted by molar-refractivity contribution is -0.194. The zero-order valence-electron chi connectivity index (χ0n) is 13.3. The average molecular weight is 315 g/mol. The monoisotopic (exact) mass is 315 g/mol. The van der Waals surface area contributed by atoms with E-state index in [2.05, 4.69) is 22.0 Å². The zero-order chi connectivity index (χ0) is 15.7. The van der Waals surface area contributed by atoms with Crippen molar-refractivity contribution >= 4 is 0 Å². The summed E-state index contributed by atoms with van der Waals surface area (Å²) in [5.41, 5.74) is 0.950. The van der Waals surface area contributed by atoms with E-state index in [1.54, 1.807) is 0 Å². The van der Waals surface area contributed by atoms with Crippen LogP contribution in [0, 0.1) is 0 Å². The van der Waals surface area contributed by atoms with Gasteiger partial charge in [0.2, 0.25) is 0 Å². The molecular weight excluding hydrogens is 294 g/mol. The molecule has 1 atom stereocenters. The maximum Gasteiger partial charge on any atom is 0.257 e. The molecule has 0 radical (unpaired) electrons. The third-order valence-corrected chi connectivity index (χ3v) is 4.47. The van der Waals surface area contributed by atoms with Crippen molar-refractivity contribution in [2.75, 3.05) is 19.7 Å². The first-order valence-corrected chi connectivity index (χ1v) is 8.15. The van der Waals surface area contributed by atoms with E-state index in [1.165, 1.54) is 0 Å². The molecule has 2 aliphatic heterocycles. The minimum atomic E-state index is -0.359. The Hall–Kier alpha value is -1.76. The Bertz CT molecular complexity index is 650. The third-order valence-electron chi connectivity index (χ3n) is 4.47. The molecule has 6 heteroatoms. The highest BCUT2D eigenvalue weighted by Crippen LogP contribution is 2.34. The van der Waals surface area contributed by atoms with Gasteiger partial charge in [0, 0.05) is 31.5 Å². The standard InChI is InChI=1S/C17H21N3O3/c1-13-12-21-17(22-13)7-9-20(10-8-17)11-15-18-16(23-19-15)14-5-3-2-4-6-14/h2-6,13H,7-12H2,1H3/t13-/m0/s1. The van der Waals surface area contributed by atoms with Crippen molar-refractivity contribution in [1.82, 2.24) is 15.0 Å². The molecule has 1 spiro atoms. The summed E-state index contributed by atoms with van der Waals surface area (Å²) in [5.74, 6) is 0.939. The second-order valence-corrected chi connectivity index (χ2v) is 6.31.